The molecule has 182 valence electrons. The van der Waals surface area contributed by atoms with Gasteiger partial charge >= 0.3 is 0 Å². The second-order valence-corrected chi connectivity index (χ2v) is 12.0. The zero-order chi connectivity index (χ0) is 25.5. The molecule has 0 N–H and O–H groups in total. The first kappa shape index (κ1) is 21.4. The molecule has 0 aliphatic rings. The fraction of sp³-hybridized carbons (Fsp3) is 0. The van der Waals surface area contributed by atoms with Gasteiger partial charge in [0.05, 0.1) is 15.7 Å². The smallest absolute Gasteiger partial charge is 0.124 e. The summed E-state index contributed by atoms with van der Waals surface area (Å²) in [5, 5.41) is 7.89. The van der Waals surface area contributed by atoms with Gasteiger partial charge in [0, 0.05) is 53.6 Å². The summed E-state index contributed by atoms with van der Waals surface area (Å²) in [5.74, 6) is 0. The van der Waals surface area contributed by atoms with E-state index < -0.39 is 0 Å². The normalized spacial score (nSPS) is 12.1. The SMILES string of the molecule is c1ccc(-c2ccc(-n3c4ccccc4c4c5c6ccccc6sc5c5c6cccnc6sc5c43)cc2)cc1. The van der Waals surface area contributed by atoms with E-state index in [1.165, 1.54) is 74.3 Å². The summed E-state index contributed by atoms with van der Waals surface area (Å²) in [6.45, 7) is 0. The molecule has 0 amide bonds. The van der Waals surface area contributed by atoms with E-state index in [9.17, 15) is 0 Å². The molecule has 0 bridgehead atoms. The number of aromatic nitrogens is 2. The van der Waals surface area contributed by atoms with E-state index in [2.05, 4.69) is 120 Å². The molecular weight excluding hydrogens is 513 g/mol. The Balaban J connectivity index is 1.50. The van der Waals surface area contributed by atoms with Crippen molar-refractivity contribution in [3.8, 4) is 16.8 Å². The Bertz CT molecular complexity index is 2370. The monoisotopic (exact) mass is 532 g/mol. The number of hydrogen-bond acceptors (Lipinski definition) is 3. The van der Waals surface area contributed by atoms with Crippen molar-refractivity contribution in [1.29, 1.82) is 0 Å². The van der Waals surface area contributed by atoms with Crippen molar-refractivity contribution >= 4 is 85.0 Å². The van der Waals surface area contributed by atoms with Crippen LogP contribution in [-0.4, -0.2) is 9.55 Å². The van der Waals surface area contributed by atoms with Gasteiger partial charge in [-0.1, -0.05) is 78.9 Å². The Labute approximate surface area is 232 Å². The molecule has 0 aliphatic heterocycles. The molecule has 9 rings (SSSR count). The molecule has 0 saturated carbocycles. The van der Waals surface area contributed by atoms with Crippen LogP contribution in [0.5, 0.6) is 0 Å². The van der Waals surface area contributed by atoms with E-state index in [0.717, 1.165) is 4.83 Å². The summed E-state index contributed by atoms with van der Waals surface area (Å²) in [6, 6.07) is 41.6. The molecule has 0 fully saturated rings. The Morgan fingerprint density at radius 1 is 0.513 bits per heavy atom. The zero-order valence-electron chi connectivity index (χ0n) is 20.8. The van der Waals surface area contributed by atoms with Gasteiger partial charge in [-0.15, -0.1) is 22.7 Å². The summed E-state index contributed by atoms with van der Waals surface area (Å²) >= 11 is 3.72. The lowest BCUT2D eigenvalue weighted by Gasteiger charge is -2.10. The number of nitrogens with zero attached hydrogens (tertiary/aromatic N) is 2. The first-order valence-electron chi connectivity index (χ1n) is 13.1. The van der Waals surface area contributed by atoms with E-state index in [4.69, 9.17) is 4.98 Å². The van der Waals surface area contributed by atoms with Crippen LogP contribution in [-0.2, 0) is 0 Å². The molecule has 2 nitrogen and oxygen atoms in total. The molecule has 0 unspecified atom stereocenters. The van der Waals surface area contributed by atoms with Crippen molar-refractivity contribution in [2.45, 2.75) is 0 Å². The first-order chi connectivity index (χ1) is 19.4. The van der Waals surface area contributed by atoms with Gasteiger partial charge in [-0.05, 0) is 47.5 Å². The van der Waals surface area contributed by atoms with E-state index in [0.29, 0.717) is 0 Å². The second kappa shape index (κ2) is 8.00. The molecule has 4 heterocycles. The van der Waals surface area contributed by atoms with Gasteiger partial charge in [0.1, 0.15) is 4.83 Å². The Morgan fingerprint density at radius 2 is 1.23 bits per heavy atom. The maximum atomic E-state index is 4.80. The van der Waals surface area contributed by atoms with Crippen LogP contribution in [0.2, 0.25) is 0 Å². The summed E-state index contributed by atoms with van der Waals surface area (Å²) in [5.41, 5.74) is 6.14. The highest BCUT2D eigenvalue weighted by atomic mass is 32.1. The van der Waals surface area contributed by atoms with Crippen LogP contribution in [0.25, 0.3) is 79.1 Å². The number of hydrogen-bond donors (Lipinski definition) is 0. The summed E-state index contributed by atoms with van der Waals surface area (Å²) in [7, 11) is 0. The Morgan fingerprint density at radius 3 is 2.10 bits per heavy atom. The number of pyridine rings is 1. The minimum absolute atomic E-state index is 1.09. The van der Waals surface area contributed by atoms with E-state index >= 15 is 0 Å². The van der Waals surface area contributed by atoms with Crippen molar-refractivity contribution in [2.75, 3.05) is 0 Å². The molecule has 5 aromatic carbocycles. The van der Waals surface area contributed by atoms with Crippen molar-refractivity contribution in [3.63, 3.8) is 0 Å². The van der Waals surface area contributed by atoms with Crippen molar-refractivity contribution < 1.29 is 0 Å². The number of thiophene rings is 2. The van der Waals surface area contributed by atoms with Crippen LogP contribution < -0.4 is 0 Å². The largest absolute Gasteiger partial charge is 0.308 e. The Kier molecular flexibility index (Phi) is 4.39. The molecule has 9 aromatic rings. The maximum Gasteiger partial charge on any atom is 0.124 e. The predicted octanol–water partition coefficient (Wildman–Crippen LogP) is 10.6. The van der Waals surface area contributed by atoms with E-state index in [1.54, 1.807) is 0 Å². The first-order valence-corrected chi connectivity index (χ1v) is 14.7. The molecule has 0 aliphatic carbocycles. The van der Waals surface area contributed by atoms with Gasteiger partial charge in [-0.3, -0.25) is 0 Å². The average molecular weight is 533 g/mol. The van der Waals surface area contributed by atoms with Crippen molar-refractivity contribution in [3.05, 3.63) is 121 Å². The molecule has 0 atom stereocenters. The average Bonchev–Trinajstić information content (AvgIpc) is 3.67. The van der Waals surface area contributed by atoms with Crippen LogP contribution in [0.4, 0.5) is 0 Å². The summed E-state index contributed by atoms with van der Waals surface area (Å²) < 4.78 is 6.47. The number of benzene rings is 5. The third-order valence-corrected chi connectivity index (χ3v) is 10.2. The van der Waals surface area contributed by atoms with Gasteiger partial charge in [-0.2, -0.15) is 0 Å². The third kappa shape index (κ3) is 2.93. The highest BCUT2D eigenvalue weighted by molar-refractivity contribution is 7.30. The lowest BCUT2D eigenvalue weighted by atomic mass is 10.0. The van der Waals surface area contributed by atoms with Crippen molar-refractivity contribution in [2.24, 2.45) is 0 Å². The molecule has 4 heteroatoms. The Hall–Kier alpha value is -4.51. The molecule has 0 saturated heterocycles. The van der Waals surface area contributed by atoms with Crippen LogP contribution in [0.15, 0.2) is 121 Å². The predicted molar refractivity (Wildman–Crippen MR) is 170 cm³/mol. The van der Waals surface area contributed by atoms with Crippen LogP contribution >= 0.6 is 22.7 Å². The van der Waals surface area contributed by atoms with Gasteiger partial charge in [0.15, 0.2) is 0 Å². The molecule has 4 aromatic heterocycles. The number of rotatable bonds is 2. The fourth-order valence-corrected chi connectivity index (χ4v) is 8.73. The van der Waals surface area contributed by atoms with Crippen LogP contribution in [0, 0.1) is 0 Å². The van der Waals surface area contributed by atoms with E-state index in [-0.39, 0.29) is 0 Å². The minimum Gasteiger partial charge on any atom is -0.308 e. The molecule has 39 heavy (non-hydrogen) atoms. The topological polar surface area (TPSA) is 17.8 Å². The lowest BCUT2D eigenvalue weighted by Crippen LogP contribution is -1.94. The third-order valence-electron chi connectivity index (χ3n) is 7.86. The maximum absolute atomic E-state index is 4.80. The highest BCUT2D eigenvalue weighted by Crippen LogP contribution is 2.51. The van der Waals surface area contributed by atoms with Gasteiger partial charge in [0.2, 0.25) is 0 Å². The molecular formula is C35H20N2S2. The summed E-state index contributed by atoms with van der Waals surface area (Å²) in [4.78, 5) is 5.89. The lowest BCUT2D eigenvalue weighted by molar-refractivity contribution is 1.19. The standard InChI is InChI=1S/C35H20N2S2/c1-2-9-21(10-3-1)22-16-18-23(19-17-22)37-27-14-6-4-11-24(27)29-30-25-12-5-7-15-28(25)38-33(30)31-26-13-8-20-36-35(26)39-34(31)32(29)37/h1-20H. The zero-order valence-corrected chi connectivity index (χ0v) is 22.4. The molecule has 0 radical (unpaired) electrons. The number of para-hydroxylation sites is 1. The van der Waals surface area contributed by atoms with Crippen molar-refractivity contribution in [1.82, 2.24) is 9.55 Å². The van der Waals surface area contributed by atoms with Gasteiger partial charge in [0.25, 0.3) is 0 Å². The van der Waals surface area contributed by atoms with Crippen LogP contribution in [0.1, 0.15) is 0 Å². The van der Waals surface area contributed by atoms with Gasteiger partial charge in [-0.25, -0.2) is 4.98 Å². The quantitative estimate of drug-likeness (QED) is 0.216. The highest BCUT2D eigenvalue weighted by Gasteiger charge is 2.24. The molecule has 0 spiro atoms. The van der Waals surface area contributed by atoms with Gasteiger partial charge < -0.3 is 4.57 Å². The minimum atomic E-state index is 1.09. The fourth-order valence-electron chi connectivity index (χ4n) is 6.20. The summed E-state index contributed by atoms with van der Waals surface area (Å²) in [6.07, 6.45) is 1.91. The van der Waals surface area contributed by atoms with E-state index in [1.807, 2.05) is 28.9 Å². The van der Waals surface area contributed by atoms with Crippen LogP contribution in [0.3, 0.4) is 0 Å². The second-order valence-electron chi connectivity index (χ2n) is 9.95. The number of fused-ring (bicyclic) bond motifs is 12.